The maximum atomic E-state index is 9.37. The molecule has 0 saturated carbocycles. The topological polar surface area (TPSA) is 33.4 Å². The zero-order valence-corrected chi connectivity index (χ0v) is 10.9. The Morgan fingerprint density at radius 2 is 2.06 bits per heavy atom. The Kier molecular flexibility index (Phi) is 3.38. The van der Waals surface area contributed by atoms with E-state index in [4.69, 9.17) is 16.0 Å². The number of hydrogen-bond donors (Lipinski definition) is 1. The third-order valence-corrected chi connectivity index (χ3v) is 3.13. The summed E-state index contributed by atoms with van der Waals surface area (Å²) in [5.74, 6) is 1.26. The van der Waals surface area contributed by atoms with Crippen LogP contribution in [0.2, 0.25) is 5.02 Å². The minimum atomic E-state index is -0.597. The third kappa shape index (κ3) is 2.32. The van der Waals surface area contributed by atoms with Gasteiger partial charge in [-0.15, -0.1) is 0 Å². The smallest absolute Gasteiger partial charge is 0.135 e. The zero-order valence-electron chi connectivity index (χ0n) is 8.58. The van der Waals surface area contributed by atoms with Crippen LogP contribution >= 0.6 is 27.5 Å². The molecular formula is C12H10BrClO2. The average molecular weight is 302 g/mol. The fraction of sp³-hybridized carbons (Fsp3) is 0.167. The number of rotatable bonds is 2. The highest BCUT2D eigenvalue weighted by Crippen LogP contribution is 2.32. The largest absolute Gasteiger partial charge is 0.458 e. The fourth-order valence-corrected chi connectivity index (χ4v) is 2.29. The molecule has 0 aliphatic heterocycles. The maximum absolute atomic E-state index is 9.37. The Morgan fingerprint density at radius 1 is 1.31 bits per heavy atom. The molecule has 1 heterocycles. The summed E-state index contributed by atoms with van der Waals surface area (Å²) < 4.78 is 6.40. The van der Waals surface area contributed by atoms with E-state index in [9.17, 15) is 5.11 Å². The summed E-state index contributed by atoms with van der Waals surface area (Å²) in [6.07, 6.45) is -0.597. The van der Waals surface area contributed by atoms with E-state index < -0.39 is 6.10 Å². The van der Waals surface area contributed by atoms with Crippen LogP contribution in [0.25, 0.3) is 11.3 Å². The Morgan fingerprint density at radius 3 is 2.62 bits per heavy atom. The van der Waals surface area contributed by atoms with Crippen molar-refractivity contribution in [3.63, 3.8) is 0 Å². The Bertz CT molecular complexity index is 505. The average Bonchev–Trinajstić information content (AvgIpc) is 2.66. The van der Waals surface area contributed by atoms with E-state index in [2.05, 4.69) is 15.9 Å². The van der Waals surface area contributed by atoms with Crippen molar-refractivity contribution in [2.45, 2.75) is 13.0 Å². The van der Waals surface area contributed by atoms with E-state index in [-0.39, 0.29) is 0 Å². The monoisotopic (exact) mass is 300 g/mol. The summed E-state index contributed by atoms with van der Waals surface area (Å²) >= 11 is 9.28. The number of furan rings is 1. The SMILES string of the molecule is CC(O)c1ccc(-c2ccc(Cl)cc2Br)o1. The standard InChI is InChI=1S/C12H10BrClO2/c1-7(15)11-4-5-12(16-11)9-3-2-8(14)6-10(9)13/h2-7,15H,1H3. The first kappa shape index (κ1) is 11.7. The Labute approximate surface area is 107 Å². The number of hydrogen-bond acceptors (Lipinski definition) is 2. The summed E-state index contributed by atoms with van der Waals surface area (Å²) in [5, 5.41) is 10.0. The van der Waals surface area contributed by atoms with Gasteiger partial charge in [0.1, 0.15) is 17.6 Å². The van der Waals surface area contributed by atoms with Crippen molar-refractivity contribution in [3.8, 4) is 11.3 Å². The van der Waals surface area contributed by atoms with Gasteiger partial charge in [-0.25, -0.2) is 0 Å². The van der Waals surface area contributed by atoms with Gasteiger partial charge in [-0.1, -0.05) is 11.6 Å². The van der Waals surface area contributed by atoms with Gasteiger partial charge in [-0.05, 0) is 53.2 Å². The Balaban J connectivity index is 2.42. The van der Waals surface area contributed by atoms with Gasteiger partial charge in [0, 0.05) is 15.1 Å². The molecule has 1 unspecified atom stereocenters. The highest BCUT2D eigenvalue weighted by Gasteiger charge is 2.11. The van der Waals surface area contributed by atoms with Crippen LogP contribution in [0, 0.1) is 0 Å². The minimum absolute atomic E-state index is 0.553. The zero-order chi connectivity index (χ0) is 11.7. The van der Waals surface area contributed by atoms with E-state index in [0.29, 0.717) is 16.5 Å². The van der Waals surface area contributed by atoms with Crippen molar-refractivity contribution in [2.24, 2.45) is 0 Å². The Hall–Kier alpha value is -0.770. The van der Waals surface area contributed by atoms with Gasteiger partial charge in [0.25, 0.3) is 0 Å². The van der Waals surface area contributed by atoms with Crippen LogP contribution in [0.4, 0.5) is 0 Å². The van der Waals surface area contributed by atoms with E-state index in [1.165, 1.54) is 0 Å². The van der Waals surface area contributed by atoms with Gasteiger partial charge >= 0.3 is 0 Å². The maximum Gasteiger partial charge on any atom is 0.135 e. The van der Waals surface area contributed by atoms with Crippen LogP contribution in [0.5, 0.6) is 0 Å². The minimum Gasteiger partial charge on any atom is -0.458 e. The normalized spacial score (nSPS) is 12.8. The highest BCUT2D eigenvalue weighted by atomic mass is 79.9. The molecule has 1 aromatic heterocycles. The first-order valence-electron chi connectivity index (χ1n) is 4.81. The van der Waals surface area contributed by atoms with E-state index in [1.807, 2.05) is 18.2 Å². The molecule has 1 N–H and O–H groups in total. The van der Waals surface area contributed by atoms with Crippen molar-refractivity contribution in [1.29, 1.82) is 0 Å². The van der Waals surface area contributed by atoms with Crippen LogP contribution in [-0.2, 0) is 0 Å². The van der Waals surface area contributed by atoms with Crippen LogP contribution in [0.3, 0.4) is 0 Å². The molecule has 0 bridgehead atoms. The second kappa shape index (κ2) is 4.62. The van der Waals surface area contributed by atoms with Crippen molar-refractivity contribution < 1.29 is 9.52 Å². The second-order valence-electron chi connectivity index (χ2n) is 3.50. The lowest BCUT2D eigenvalue weighted by atomic mass is 10.2. The molecule has 0 aliphatic rings. The first-order valence-corrected chi connectivity index (χ1v) is 5.98. The molecule has 4 heteroatoms. The highest BCUT2D eigenvalue weighted by molar-refractivity contribution is 9.10. The molecule has 1 atom stereocenters. The van der Waals surface area contributed by atoms with E-state index in [0.717, 1.165) is 10.0 Å². The summed E-state index contributed by atoms with van der Waals surface area (Å²) in [7, 11) is 0. The molecule has 2 aromatic rings. The fourth-order valence-electron chi connectivity index (χ4n) is 1.41. The summed E-state index contributed by atoms with van der Waals surface area (Å²) in [6.45, 7) is 1.67. The van der Waals surface area contributed by atoms with Crippen LogP contribution in [-0.4, -0.2) is 5.11 Å². The molecule has 0 spiro atoms. The van der Waals surface area contributed by atoms with Gasteiger partial charge in [-0.2, -0.15) is 0 Å². The molecule has 0 fully saturated rings. The first-order chi connectivity index (χ1) is 7.58. The lowest BCUT2D eigenvalue weighted by Crippen LogP contribution is -1.85. The molecule has 0 radical (unpaired) electrons. The molecule has 0 aliphatic carbocycles. The van der Waals surface area contributed by atoms with Gasteiger partial charge in [-0.3, -0.25) is 0 Å². The van der Waals surface area contributed by atoms with Crippen LogP contribution < -0.4 is 0 Å². The third-order valence-electron chi connectivity index (χ3n) is 2.24. The van der Waals surface area contributed by atoms with Crippen molar-refractivity contribution in [1.82, 2.24) is 0 Å². The van der Waals surface area contributed by atoms with Gasteiger partial charge in [0.15, 0.2) is 0 Å². The van der Waals surface area contributed by atoms with Crippen molar-refractivity contribution in [2.75, 3.05) is 0 Å². The molecule has 2 rings (SSSR count). The van der Waals surface area contributed by atoms with Crippen molar-refractivity contribution in [3.05, 3.63) is 45.6 Å². The van der Waals surface area contributed by atoms with Crippen LogP contribution in [0.15, 0.2) is 39.2 Å². The molecule has 1 aromatic carbocycles. The molecule has 0 saturated heterocycles. The lowest BCUT2D eigenvalue weighted by Gasteiger charge is -2.02. The second-order valence-corrected chi connectivity index (χ2v) is 4.79. The molecule has 84 valence electrons. The quantitative estimate of drug-likeness (QED) is 0.891. The van der Waals surface area contributed by atoms with Gasteiger partial charge in [0.05, 0.1) is 0 Å². The van der Waals surface area contributed by atoms with E-state index in [1.54, 1.807) is 19.1 Å². The summed E-state index contributed by atoms with van der Waals surface area (Å²) in [5.41, 5.74) is 0.913. The van der Waals surface area contributed by atoms with Crippen LogP contribution in [0.1, 0.15) is 18.8 Å². The molecule has 0 amide bonds. The predicted octanol–water partition coefficient (Wildman–Crippen LogP) is 4.42. The number of benzene rings is 1. The van der Waals surface area contributed by atoms with Gasteiger partial charge in [0.2, 0.25) is 0 Å². The van der Waals surface area contributed by atoms with Gasteiger partial charge < -0.3 is 9.52 Å². The predicted molar refractivity (Wildman–Crippen MR) is 67.5 cm³/mol. The molecule has 16 heavy (non-hydrogen) atoms. The summed E-state index contributed by atoms with van der Waals surface area (Å²) in [4.78, 5) is 0. The summed E-state index contributed by atoms with van der Waals surface area (Å²) in [6, 6.07) is 9.07. The molecular weight excluding hydrogens is 291 g/mol. The number of aliphatic hydroxyl groups is 1. The lowest BCUT2D eigenvalue weighted by molar-refractivity contribution is 0.170. The number of aliphatic hydroxyl groups excluding tert-OH is 1. The van der Waals surface area contributed by atoms with E-state index >= 15 is 0 Å². The van der Waals surface area contributed by atoms with Crippen molar-refractivity contribution >= 4 is 27.5 Å². The molecule has 2 nitrogen and oxygen atoms in total. The number of halogens is 2.